The van der Waals surface area contributed by atoms with Gasteiger partial charge in [0.25, 0.3) is 5.69 Å². The summed E-state index contributed by atoms with van der Waals surface area (Å²) < 4.78 is 2.20. The first-order valence-corrected chi connectivity index (χ1v) is 15.4. The third-order valence-electron chi connectivity index (χ3n) is 7.08. The average molecular weight is 950 g/mol. The van der Waals surface area contributed by atoms with E-state index in [0.717, 1.165) is 15.7 Å². The van der Waals surface area contributed by atoms with Crippen molar-refractivity contribution >= 4 is 108 Å². The normalized spacial score (nSPS) is 16.8. The van der Waals surface area contributed by atoms with Gasteiger partial charge in [0.15, 0.2) is 39.9 Å². The Hall–Kier alpha value is -2.15. The minimum atomic E-state index is -4.28. The molecule has 1 unspecified atom stereocenters. The van der Waals surface area contributed by atoms with Gasteiger partial charge in [0.05, 0.1) is 10.5 Å². The van der Waals surface area contributed by atoms with Crippen molar-refractivity contribution in [3.63, 3.8) is 0 Å². The number of carbonyl (C=O) groups excluding carboxylic acids is 6. The van der Waals surface area contributed by atoms with Crippen molar-refractivity contribution in [1.29, 1.82) is 0 Å². The maximum absolute atomic E-state index is 14.2. The molecule has 0 fully saturated rings. The number of nitro groups is 1. The number of benzene rings is 2. The predicted molar refractivity (Wildman–Crippen MR) is 178 cm³/mol. The fourth-order valence-electron chi connectivity index (χ4n) is 4.74. The van der Waals surface area contributed by atoms with Gasteiger partial charge in [-0.25, -0.2) is 0 Å². The molecule has 0 saturated carbocycles. The van der Waals surface area contributed by atoms with E-state index in [0.29, 0.717) is 40.4 Å². The van der Waals surface area contributed by atoms with Crippen LogP contribution < -0.4 is 5.73 Å². The van der Waals surface area contributed by atoms with Crippen molar-refractivity contribution in [2.75, 3.05) is 0 Å². The highest BCUT2D eigenvalue weighted by Crippen LogP contribution is 2.42. The van der Waals surface area contributed by atoms with E-state index in [2.05, 4.69) is 22.6 Å². The number of aliphatic hydroxyl groups is 4. The Labute approximate surface area is 290 Å². The van der Waals surface area contributed by atoms with E-state index in [9.17, 15) is 59.3 Å². The van der Waals surface area contributed by atoms with Crippen LogP contribution in [-0.2, 0) is 24.0 Å². The summed E-state index contributed by atoms with van der Waals surface area (Å²) in [5, 5.41) is 56.5. The first kappa shape index (κ1) is 38.0. The standard InChI is InChI=1S/C27H25I3N2O12/c1-10(33)21(37)24(40)26(41,12(3)35)27(42,13(4)36)25(31,22(38)11(2)34)23(39)16-6-5-14(7-19(16)32(43)44)20-17(29)8-15(28)9-18(20)30/h5-9,21,24,37,40-42H,31H2,1-4H3/t21?,24-,25-,26-,27-/m1/s1. The number of nitro benzene ring substituents is 1. The average Bonchev–Trinajstić information content (AvgIpc) is 2.92. The lowest BCUT2D eigenvalue weighted by molar-refractivity contribution is -0.385. The lowest BCUT2D eigenvalue weighted by Crippen LogP contribution is -2.85. The maximum atomic E-state index is 14.2. The van der Waals surface area contributed by atoms with Gasteiger partial charge in [-0.3, -0.25) is 38.9 Å². The van der Waals surface area contributed by atoms with E-state index in [1.807, 2.05) is 45.2 Å². The molecule has 0 aromatic heterocycles. The van der Waals surface area contributed by atoms with Crippen LogP contribution in [0, 0.1) is 20.8 Å². The third kappa shape index (κ3) is 6.16. The zero-order valence-electron chi connectivity index (χ0n) is 23.3. The molecule has 0 spiro atoms. The molecule has 0 amide bonds. The Bertz CT molecular complexity index is 1610. The Morgan fingerprint density at radius 3 is 1.77 bits per heavy atom. The molecule has 44 heavy (non-hydrogen) atoms. The summed E-state index contributed by atoms with van der Waals surface area (Å²) in [6, 6.07) is 6.55. The third-order valence-corrected chi connectivity index (χ3v) is 9.41. The Kier molecular flexibility index (Phi) is 11.8. The van der Waals surface area contributed by atoms with Crippen molar-refractivity contribution in [3.05, 3.63) is 56.7 Å². The van der Waals surface area contributed by atoms with Crippen LogP contribution in [0.1, 0.15) is 38.1 Å². The molecule has 0 heterocycles. The molecule has 0 aliphatic heterocycles. The molecule has 0 radical (unpaired) electrons. The number of ketones is 6. The van der Waals surface area contributed by atoms with E-state index < -0.39 is 79.8 Å². The number of carbonyl (C=O) groups is 6. The Balaban J connectivity index is 3.08. The predicted octanol–water partition coefficient (Wildman–Crippen LogP) is 1.06. The molecule has 5 atom stereocenters. The van der Waals surface area contributed by atoms with Crippen LogP contribution >= 0.6 is 67.8 Å². The lowest BCUT2D eigenvalue weighted by atomic mass is 9.58. The highest BCUT2D eigenvalue weighted by molar-refractivity contribution is 14.1. The first-order valence-electron chi connectivity index (χ1n) is 12.2. The molecule has 14 nitrogen and oxygen atoms in total. The van der Waals surface area contributed by atoms with Gasteiger partial charge in [-0.2, -0.15) is 0 Å². The molecule has 236 valence electrons. The molecule has 0 aliphatic carbocycles. The number of aliphatic hydroxyl groups excluding tert-OH is 2. The van der Waals surface area contributed by atoms with E-state index >= 15 is 0 Å². The molecule has 17 heteroatoms. The van der Waals surface area contributed by atoms with Gasteiger partial charge in [0.1, 0.15) is 12.2 Å². The number of hydrogen-bond donors (Lipinski definition) is 5. The fourth-order valence-corrected chi connectivity index (χ4v) is 8.95. The van der Waals surface area contributed by atoms with Crippen LogP contribution in [0.2, 0.25) is 0 Å². The molecule has 6 N–H and O–H groups in total. The van der Waals surface area contributed by atoms with Crippen molar-refractivity contribution < 1.29 is 54.1 Å². The van der Waals surface area contributed by atoms with Gasteiger partial charge < -0.3 is 26.2 Å². The van der Waals surface area contributed by atoms with Crippen LogP contribution in [0.3, 0.4) is 0 Å². The van der Waals surface area contributed by atoms with Crippen molar-refractivity contribution in [2.45, 2.75) is 56.6 Å². The van der Waals surface area contributed by atoms with Crippen LogP contribution in [0.25, 0.3) is 11.1 Å². The van der Waals surface area contributed by atoms with Gasteiger partial charge in [0, 0.05) is 29.3 Å². The number of nitrogens with two attached hydrogens (primary N) is 1. The minimum Gasteiger partial charge on any atom is -0.386 e. The van der Waals surface area contributed by atoms with E-state index in [1.165, 1.54) is 6.07 Å². The number of hydrogen-bond acceptors (Lipinski definition) is 13. The smallest absolute Gasteiger partial charge is 0.280 e. The summed E-state index contributed by atoms with van der Waals surface area (Å²) in [4.78, 5) is 88.9. The van der Waals surface area contributed by atoms with Crippen LogP contribution in [0.4, 0.5) is 5.69 Å². The van der Waals surface area contributed by atoms with Gasteiger partial charge in [0.2, 0.25) is 11.6 Å². The van der Waals surface area contributed by atoms with Gasteiger partial charge >= 0.3 is 0 Å². The summed E-state index contributed by atoms with van der Waals surface area (Å²) in [5.41, 5.74) is -7.58. The molecule has 2 rings (SSSR count). The topological polar surface area (TPSA) is 252 Å². The highest BCUT2D eigenvalue weighted by Gasteiger charge is 2.75. The monoisotopic (exact) mass is 950 g/mol. The molecular formula is C27H25I3N2O12. The summed E-state index contributed by atoms with van der Waals surface area (Å²) in [7, 11) is 0. The summed E-state index contributed by atoms with van der Waals surface area (Å²) in [6.45, 7) is 2.16. The fraction of sp³-hybridized carbons (Fsp3) is 0.333. The van der Waals surface area contributed by atoms with Crippen LogP contribution in [0.5, 0.6) is 0 Å². The van der Waals surface area contributed by atoms with E-state index in [-0.39, 0.29) is 5.56 Å². The molecule has 2 aromatic rings. The second-order valence-electron chi connectivity index (χ2n) is 9.85. The minimum absolute atomic E-state index is 0.223. The van der Waals surface area contributed by atoms with Gasteiger partial charge in [-0.1, -0.05) is 6.07 Å². The Morgan fingerprint density at radius 1 is 0.886 bits per heavy atom. The zero-order chi connectivity index (χ0) is 34.3. The SMILES string of the molecule is CC(=O)C(=O)[C@@](N)(C(=O)c1ccc(-c2c(I)cc(I)cc2I)cc1[N+](=O)[O-])[C@](O)(C(C)=O)[C@@](O)(C(C)=O)[C@H](O)C(O)C(C)=O. The van der Waals surface area contributed by atoms with Crippen molar-refractivity contribution in [3.8, 4) is 11.1 Å². The molecule has 0 saturated heterocycles. The largest absolute Gasteiger partial charge is 0.386 e. The second-order valence-corrected chi connectivity index (χ2v) is 13.4. The van der Waals surface area contributed by atoms with Gasteiger partial charge in [-0.15, -0.1) is 0 Å². The quantitative estimate of drug-likeness (QED) is 0.0471. The first-order chi connectivity index (χ1) is 20.0. The second kappa shape index (κ2) is 13.7. The van der Waals surface area contributed by atoms with Gasteiger partial charge in [-0.05, 0) is 112 Å². The number of nitrogens with zero attached hydrogens (tertiary/aromatic N) is 1. The van der Waals surface area contributed by atoms with E-state index in [4.69, 9.17) is 5.73 Å². The van der Waals surface area contributed by atoms with Crippen molar-refractivity contribution in [1.82, 2.24) is 0 Å². The highest BCUT2D eigenvalue weighted by atomic mass is 127. The van der Waals surface area contributed by atoms with Crippen LogP contribution in [0.15, 0.2) is 30.3 Å². The molecular weight excluding hydrogens is 925 g/mol. The number of rotatable bonds is 13. The summed E-state index contributed by atoms with van der Waals surface area (Å²) in [5.74, 6) is -10.6. The Morgan fingerprint density at radius 2 is 1.39 bits per heavy atom. The number of halogens is 3. The number of Topliss-reactive ketones (excluding diaryl/α,β-unsaturated/α-hetero) is 6. The van der Waals surface area contributed by atoms with Crippen LogP contribution in [-0.4, -0.2) is 89.0 Å². The zero-order valence-corrected chi connectivity index (χ0v) is 29.7. The summed E-state index contributed by atoms with van der Waals surface area (Å²) >= 11 is 6.06. The molecule has 2 aromatic carbocycles. The molecule has 0 aliphatic rings. The maximum Gasteiger partial charge on any atom is 0.280 e. The molecule has 0 bridgehead atoms. The van der Waals surface area contributed by atoms with E-state index in [1.54, 1.807) is 12.1 Å². The lowest BCUT2D eigenvalue weighted by Gasteiger charge is -2.50. The van der Waals surface area contributed by atoms with Crippen molar-refractivity contribution in [2.24, 2.45) is 5.73 Å². The summed E-state index contributed by atoms with van der Waals surface area (Å²) in [6.07, 6.45) is -5.78.